The van der Waals surface area contributed by atoms with Gasteiger partial charge in [0.05, 0.1) is 11.7 Å². The van der Waals surface area contributed by atoms with Crippen molar-refractivity contribution in [1.82, 2.24) is 4.90 Å². The van der Waals surface area contributed by atoms with Gasteiger partial charge in [-0.15, -0.1) is 0 Å². The number of hydrogen-bond acceptors (Lipinski definition) is 2. The minimum Gasteiger partial charge on any atom is -0.387 e. The molecule has 0 aromatic heterocycles. The summed E-state index contributed by atoms with van der Waals surface area (Å²) in [5, 5.41) is 11.1. The topological polar surface area (TPSA) is 23.5 Å². The molecule has 2 aromatic carbocycles. The van der Waals surface area contributed by atoms with Crippen LogP contribution in [0.15, 0.2) is 48.5 Å². The van der Waals surface area contributed by atoms with E-state index in [1.54, 1.807) is 24.3 Å². The molecule has 1 aliphatic rings. The van der Waals surface area contributed by atoms with Crippen LogP contribution in [0.25, 0.3) is 0 Å². The molecule has 6 heteroatoms. The average molecular weight is 412 g/mol. The fourth-order valence-electron chi connectivity index (χ4n) is 3.82. The summed E-state index contributed by atoms with van der Waals surface area (Å²) in [5.41, 5.74) is 1.19. The van der Waals surface area contributed by atoms with Crippen LogP contribution in [0.4, 0.5) is 13.2 Å². The molecule has 3 rings (SSSR count). The lowest BCUT2D eigenvalue weighted by Gasteiger charge is -2.34. The number of aliphatic hydroxyl groups is 1. The number of piperidine rings is 1. The fourth-order valence-corrected chi connectivity index (χ4v) is 3.94. The van der Waals surface area contributed by atoms with E-state index >= 15 is 0 Å². The highest BCUT2D eigenvalue weighted by atomic mass is 35.5. The van der Waals surface area contributed by atoms with E-state index in [1.165, 1.54) is 0 Å². The van der Waals surface area contributed by atoms with E-state index < -0.39 is 17.8 Å². The molecular formula is C22H25ClF3NO. The highest BCUT2D eigenvalue weighted by molar-refractivity contribution is 6.30. The number of rotatable bonds is 6. The van der Waals surface area contributed by atoms with Gasteiger partial charge in [0.1, 0.15) is 0 Å². The Hall–Kier alpha value is -1.56. The van der Waals surface area contributed by atoms with E-state index in [2.05, 4.69) is 4.90 Å². The first-order valence-corrected chi connectivity index (χ1v) is 10.0. The Balaban J connectivity index is 1.48. The molecule has 0 radical (unpaired) electrons. The summed E-state index contributed by atoms with van der Waals surface area (Å²) in [5.74, 6) is 0.494. The third-order valence-corrected chi connectivity index (χ3v) is 5.66. The smallest absolute Gasteiger partial charge is 0.387 e. The Morgan fingerprint density at radius 2 is 1.75 bits per heavy atom. The van der Waals surface area contributed by atoms with Gasteiger partial charge in [0.15, 0.2) is 0 Å². The van der Waals surface area contributed by atoms with Crippen molar-refractivity contribution in [1.29, 1.82) is 0 Å². The number of halogens is 4. The van der Waals surface area contributed by atoms with Crippen LogP contribution in [0.1, 0.15) is 42.1 Å². The van der Waals surface area contributed by atoms with Gasteiger partial charge in [-0.1, -0.05) is 35.9 Å². The Kier molecular flexibility index (Phi) is 7.02. The first kappa shape index (κ1) is 21.2. The van der Waals surface area contributed by atoms with Gasteiger partial charge in [-0.25, -0.2) is 0 Å². The maximum atomic E-state index is 12.7. The number of β-amino-alcohol motifs (C(OH)–C–C–N with tert-alkyl or cyclic N) is 1. The third kappa shape index (κ3) is 5.97. The number of benzene rings is 2. The summed E-state index contributed by atoms with van der Waals surface area (Å²) in [6, 6.07) is 12.7. The normalized spacial score (nSPS) is 19.5. The summed E-state index contributed by atoms with van der Waals surface area (Å²) in [4.78, 5) is 2.28. The van der Waals surface area contributed by atoms with Crippen LogP contribution in [0.2, 0.25) is 5.02 Å². The van der Waals surface area contributed by atoms with Crippen molar-refractivity contribution in [3.63, 3.8) is 0 Å². The van der Waals surface area contributed by atoms with E-state index in [0.717, 1.165) is 62.0 Å². The van der Waals surface area contributed by atoms with E-state index in [0.29, 0.717) is 17.5 Å². The SMILES string of the molecule is OC(CN1CCCC(CCc2ccc(C(F)(F)F)cc2)C1)c1ccc(Cl)cc1. The Morgan fingerprint density at radius 1 is 1.07 bits per heavy atom. The first-order valence-electron chi connectivity index (χ1n) is 9.63. The van der Waals surface area contributed by atoms with Gasteiger partial charge >= 0.3 is 6.18 Å². The van der Waals surface area contributed by atoms with Crippen LogP contribution in [0.3, 0.4) is 0 Å². The predicted octanol–water partition coefficient (Wildman–Crippen LogP) is 5.74. The van der Waals surface area contributed by atoms with Crippen molar-refractivity contribution in [3.05, 3.63) is 70.2 Å². The monoisotopic (exact) mass is 411 g/mol. The second-order valence-electron chi connectivity index (χ2n) is 7.57. The van der Waals surface area contributed by atoms with Gasteiger partial charge in [-0.3, -0.25) is 0 Å². The van der Waals surface area contributed by atoms with Crippen LogP contribution >= 0.6 is 11.6 Å². The highest BCUT2D eigenvalue weighted by Gasteiger charge is 2.30. The lowest BCUT2D eigenvalue weighted by molar-refractivity contribution is -0.137. The van der Waals surface area contributed by atoms with Crippen LogP contribution < -0.4 is 0 Å². The fraction of sp³-hybridized carbons (Fsp3) is 0.455. The van der Waals surface area contributed by atoms with Gasteiger partial charge in [-0.05, 0) is 73.5 Å². The zero-order valence-corrected chi connectivity index (χ0v) is 16.4. The van der Waals surface area contributed by atoms with Crippen LogP contribution in [-0.4, -0.2) is 29.6 Å². The van der Waals surface area contributed by atoms with Crippen LogP contribution in [0, 0.1) is 5.92 Å². The highest BCUT2D eigenvalue weighted by Crippen LogP contribution is 2.30. The summed E-state index contributed by atoms with van der Waals surface area (Å²) in [6.07, 6.45) is -0.923. The molecule has 1 N–H and O–H groups in total. The molecule has 1 fully saturated rings. The largest absolute Gasteiger partial charge is 0.416 e. The molecule has 152 valence electrons. The predicted molar refractivity (Wildman–Crippen MR) is 105 cm³/mol. The van der Waals surface area contributed by atoms with Crippen molar-refractivity contribution in [2.24, 2.45) is 5.92 Å². The van der Waals surface area contributed by atoms with E-state index in [-0.39, 0.29) is 0 Å². The van der Waals surface area contributed by atoms with Crippen molar-refractivity contribution >= 4 is 11.6 Å². The van der Waals surface area contributed by atoms with E-state index in [9.17, 15) is 18.3 Å². The maximum absolute atomic E-state index is 12.7. The van der Waals surface area contributed by atoms with E-state index in [4.69, 9.17) is 11.6 Å². The Labute approximate surface area is 168 Å². The number of nitrogens with zero attached hydrogens (tertiary/aromatic N) is 1. The van der Waals surface area contributed by atoms with Gasteiger partial charge < -0.3 is 10.0 Å². The molecular weight excluding hydrogens is 387 g/mol. The third-order valence-electron chi connectivity index (χ3n) is 5.41. The zero-order valence-electron chi connectivity index (χ0n) is 15.6. The molecule has 1 heterocycles. The molecule has 1 saturated heterocycles. The van der Waals surface area contributed by atoms with E-state index in [1.807, 2.05) is 12.1 Å². The maximum Gasteiger partial charge on any atom is 0.416 e. The minimum absolute atomic E-state index is 0.494. The number of likely N-dealkylation sites (tertiary alicyclic amines) is 1. The molecule has 2 aromatic rings. The molecule has 0 aliphatic carbocycles. The van der Waals surface area contributed by atoms with Crippen LogP contribution in [0.5, 0.6) is 0 Å². The lowest BCUT2D eigenvalue weighted by Crippen LogP contribution is -2.38. The molecule has 2 nitrogen and oxygen atoms in total. The van der Waals surface area contributed by atoms with Crippen molar-refractivity contribution < 1.29 is 18.3 Å². The average Bonchev–Trinajstić information content (AvgIpc) is 2.67. The number of alkyl halides is 3. The quantitative estimate of drug-likeness (QED) is 0.655. The zero-order chi connectivity index (χ0) is 20.1. The van der Waals surface area contributed by atoms with Crippen molar-refractivity contribution in [3.8, 4) is 0 Å². The van der Waals surface area contributed by atoms with Gasteiger partial charge in [-0.2, -0.15) is 13.2 Å². The van der Waals surface area contributed by atoms with Gasteiger partial charge in [0, 0.05) is 18.1 Å². The molecule has 2 unspecified atom stereocenters. The molecule has 0 amide bonds. The molecule has 1 aliphatic heterocycles. The Morgan fingerprint density at radius 3 is 2.39 bits per heavy atom. The molecule has 0 bridgehead atoms. The van der Waals surface area contributed by atoms with Gasteiger partial charge in [0.2, 0.25) is 0 Å². The van der Waals surface area contributed by atoms with Crippen molar-refractivity contribution in [2.75, 3.05) is 19.6 Å². The standard InChI is InChI=1S/C22H25ClF3NO/c23-20-11-7-18(8-12-20)21(28)15-27-13-1-2-17(14-27)4-3-16-5-9-19(10-6-16)22(24,25)26/h5-12,17,21,28H,1-4,13-15H2. The Bertz CT molecular complexity index is 746. The molecule has 2 atom stereocenters. The second kappa shape index (κ2) is 9.29. The molecule has 0 spiro atoms. The number of aliphatic hydroxyl groups excluding tert-OH is 1. The second-order valence-corrected chi connectivity index (χ2v) is 8.00. The summed E-state index contributed by atoms with van der Waals surface area (Å²) < 4.78 is 38.0. The summed E-state index contributed by atoms with van der Waals surface area (Å²) in [7, 11) is 0. The lowest BCUT2D eigenvalue weighted by atomic mass is 9.91. The van der Waals surface area contributed by atoms with Crippen molar-refractivity contribution in [2.45, 2.75) is 38.0 Å². The molecule has 28 heavy (non-hydrogen) atoms. The number of aryl methyl sites for hydroxylation is 1. The first-order chi connectivity index (χ1) is 13.3. The molecule has 0 saturated carbocycles. The number of hydrogen-bond donors (Lipinski definition) is 1. The van der Waals surface area contributed by atoms with Gasteiger partial charge in [0.25, 0.3) is 0 Å². The van der Waals surface area contributed by atoms with Crippen LogP contribution in [-0.2, 0) is 12.6 Å². The summed E-state index contributed by atoms with van der Waals surface area (Å²) >= 11 is 5.90. The summed E-state index contributed by atoms with van der Waals surface area (Å²) in [6.45, 7) is 2.45. The minimum atomic E-state index is -4.28.